The highest BCUT2D eigenvalue weighted by molar-refractivity contribution is 7.92. The number of hydrazone groups is 1. The number of hydrogen-bond donors (Lipinski definition) is 1. The number of halogens is 1. The van der Waals surface area contributed by atoms with Gasteiger partial charge in [-0.1, -0.05) is 48.0 Å². The molecule has 0 fully saturated rings. The van der Waals surface area contributed by atoms with E-state index in [2.05, 4.69) is 15.1 Å². The molecule has 0 bridgehead atoms. The summed E-state index contributed by atoms with van der Waals surface area (Å²) in [5, 5.41) is 4.41. The molecule has 0 aliphatic carbocycles. The van der Waals surface area contributed by atoms with Crippen molar-refractivity contribution in [2.75, 3.05) is 18.0 Å². The number of hydrogen-bond acceptors (Lipinski definition) is 5. The second kappa shape index (κ2) is 11.8. The molecule has 1 N–H and O–H groups in total. The quantitative estimate of drug-likeness (QED) is 0.217. The van der Waals surface area contributed by atoms with Crippen LogP contribution in [0.1, 0.15) is 22.5 Å². The lowest BCUT2D eigenvalue weighted by Gasteiger charge is -2.25. The van der Waals surface area contributed by atoms with Gasteiger partial charge < -0.3 is 9.30 Å². The van der Waals surface area contributed by atoms with E-state index in [1.807, 2.05) is 51.1 Å². The Labute approximate surface area is 233 Å². The molecule has 0 atom stereocenters. The van der Waals surface area contributed by atoms with E-state index in [0.29, 0.717) is 5.02 Å². The molecule has 39 heavy (non-hydrogen) atoms. The molecule has 1 amide bonds. The summed E-state index contributed by atoms with van der Waals surface area (Å²) in [7, 11) is -2.73. The Balaban J connectivity index is 1.60. The topological polar surface area (TPSA) is 93.0 Å². The summed E-state index contributed by atoms with van der Waals surface area (Å²) in [6.45, 7) is 5.47. The van der Waals surface area contributed by atoms with Crippen LogP contribution in [0.3, 0.4) is 0 Å². The minimum absolute atomic E-state index is 0.0203. The normalized spacial score (nSPS) is 11.5. The molecule has 0 radical (unpaired) electrons. The lowest BCUT2D eigenvalue weighted by atomic mass is 10.2. The summed E-state index contributed by atoms with van der Waals surface area (Å²) >= 11 is 6.18. The first-order valence-electron chi connectivity index (χ1n) is 12.1. The Kier molecular flexibility index (Phi) is 8.42. The van der Waals surface area contributed by atoms with E-state index in [1.54, 1.807) is 36.5 Å². The number of para-hydroxylation sites is 1. The monoisotopic (exact) mass is 564 g/mol. The van der Waals surface area contributed by atoms with E-state index >= 15 is 0 Å². The van der Waals surface area contributed by atoms with Gasteiger partial charge >= 0.3 is 0 Å². The van der Waals surface area contributed by atoms with Crippen LogP contribution in [-0.4, -0.2) is 38.8 Å². The maximum Gasteiger partial charge on any atom is 0.264 e. The third-order valence-electron chi connectivity index (χ3n) is 6.25. The van der Waals surface area contributed by atoms with Crippen LogP contribution in [0.25, 0.3) is 5.69 Å². The van der Waals surface area contributed by atoms with Gasteiger partial charge in [0, 0.05) is 27.7 Å². The second-order valence-electron chi connectivity index (χ2n) is 8.88. The molecule has 4 rings (SSSR count). The molecule has 0 aliphatic rings. The highest BCUT2D eigenvalue weighted by Crippen LogP contribution is 2.34. The molecule has 8 nitrogen and oxygen atoms in total. The Bertz CT molecular complexity index is 1630. The number of benzene rings is 3. The van der Waals surface area contributed by atoms with Crippen molar-refractivity contribution in [2.24, 2.45) is 5.10 Å². The molecule has 10 heteroatoms. The van der Waals surface area contributed by atoms with Gasteiger partial charge in [-0.15, -0.1) is 0 Å². The lowest BCUT2D eigenvalue weighted by molar-refractivity contribution is -0.119. The predicted molar refractivity (Wildman–Crippen MR) is 155 cm³/mol. The van der Waals surface area contributed by atoms with Crippen molar-refractivity contribution in [1.82, 2.24) is 9.99 Å². The zero-order valence-corrected chi connectivity index (χ0v) is 23.6. The first kappa shape index (κ1) is 27.9. The van der Waals surface area contributed by atoms with Gasteiger partial charge in [0.2, 0.25) is 0 Å². The Hall–Kier alpha value is -4.08. The number of sulfonamides is 1. The third-order valence-corrected chi connectivity index (χ3v) is 8.26. The minimum atomic E-state index is -4.14. The maximum atomic E-state index is 13.6. The fourth-order valence-electron chi connectivity index (χ4n) is 4.32. The van der Waals surface area contributed by atoms with Crippen LogP contribution in [0.4, 0.5) is 5.69 Å². The Morgan fingerprint density at radius 2 is 1.72 bits per heavy atom. The van der Waals surface area contributed by atoms with Gasteiger partial charge in [0.05, 0.1) is 23.9 Å². The molecule has 0 aliphatic heterocycles. The summed E-state index contributed by atoms with van der Waals surface area (Å²) in [5.41, 5.74) is 7.58. The molecular formula is C29H29ClN4O4S. The van der Waals surface area contributed by atoms with Gasteiger partial charge in [0.15, 0.2) is 0 Å². The molecule has 0 spiro atoms. The number of aromatic nitrogens is 1. The molecule has 202 valence electrons. The van der Waals surface area contributed by atoms with Crippen molar-refractivity contribution in [3.63, 3.8) is 0 Å². The largest absolute Gasteiger partial charge is 0.495 e. The smallest absolute Gasteiger partial charge is 0.264 e. The van der Waals surface area contributed by atoms with E-state index in [9.17, 15) is 13.2 Å². The van der Waals surface area contributed by atoms with Gasteiger partial charge in [0.1, 0.15) is 12.3 Å². The number of nitrogens with one attached hydrogen (secondary N) is 1. The third kappa shape index (κ3) is 6.00. The highest BCUT2D eigenvalue weighted by atomic mass is 35.5. The summed E-state index contributed by atoms with van der Waals surface area (Å²) in [6, 6.07) is 22.5. The highest BCUT2D eigenvalue weighted by Gasteiger charge is 2.29. The predicted octanol–water partition coefficient (Wildman–Crippen LogP) is 5.41. The molecule has 4 aromatic rings. The van der Waals surface area contributed by atoms with E-state index in [1.165, 1.54) is 25.3 Å². The van der Waals surface area contributed by atoms with Crippen LogP contribution < -0.4 is 14.5 Å². The average Bonchev–Trinajstić information content (AvgIpc) is 3.20. The van der Waals surface area contributed by atoms with Crippen molar-refractivity contribution in [3.05, 3.63) is 106 Å². The van der Waals surface area contributed by atoms with Gasteiger partial charge in [-0.2, -0.15) is 5.10 Å². The van der Waals surface area contributed by atoms with Gasteiger partial charge in [-0.05, 0) is 68.8 Å². The Morgan fingerprint density at radius 3 is 2.41 bits per heavy atom. The second-order valence-corrected chi connectivity index (χ2v) is 11.2. The van der Waals surface area contributed by atoms with Crippen molar-refractivity contribution in [2.45, 2.75) is 25.7 Å². The van der Waals surface area contributed by atoms with E-state index in [0.717, 1.165) is 32.5 Å². The average molecular weight is 565 g/mol. The number of nitrogens with zero attached hydrogens (tertiary/aromatic N) is 3. The van der Waals surface area contributed by atoms with Gasteiger partial charge in [-0.25, -0.2) is 13.8 Å². The van der Waals surface area contributed by atoms with Crippen LogP contribution in [0.2, 0.25) is 5.02 Å². The van der Waals surface area contributed by atoms with Crippen LogP contribution in [0, 0.1) is 20.8 Å². The van der Waals surface area contributed by atoms with E-state index < -0.39 is 22.5 Å². The number of amides is 1. The van der Waals surface area contributed by atoms with E-state index in [-0.39, 0.29) is 16.3 Å². The first-order valence-corrected chi connectivity index (χ1v) is 13.9. The standard InChI is InChI=1S/C29H29ClN4O4S/c1-20-10-8-9-13-26(20)34-21(2)16-23(22(34)3)18-31-32-29(35)19-33(27-17-24(30)14-15-28(27)38-4)39(36,37)25-11-6-5-7-12-25/h5-18H,19H2,1-4H3,(H,32,35)/b31-18+. The number of aryl methyl sites for hydroxylation is 2. The number of carbonyl (C=O) groups is 1. The molecule has 0 saturated heterocycles. The molecule has 0 unspecified atom stereocenters. The molecule has 1 aromatic heterocycles. The maximum absolute atomic E-state index is 13.6. The van der Waals surface area contributed by atoms with Crippen molar-refractivity contribution >= 4 is 39.4 Å². The summed E-state index contributed by atoms with van der Waals surface area (Å²) in [4.78, 5) is 13.0. The van der Waals surface area contributed by atoms with Crippen LogP contribution in [0.5, 0.6) is 5.75 Å². The summed E-state index contributed by atoms with van der Waals surface area (Å²) in [6.07, 6.45) is 1.55. The van der Waals surface area contributed by atoms with Gasteiger partial charge in [-0.3, -0.25) is 9.10 Å². The fraction of sp³-hybridized carbons (Fsp3) is 0.172. The van der Waals surface area contributed by atoms with Crippen molar-refractivity contribution in [1.29, 1.82) is 0 Å². The lowest BCUT2D eigenvalue weighted by Crippen LogP contribution is -2.39. The summed E-state index contributed by atoms with van der Waals surface area (Å²) in [5.74, 6) is -0.389. The van der Waals surface area contributed by atoms with Gasteiger partial charge in [0.25, 0.3) is 15.9 Å². The van der Waals surface area contributed by atoms with Crippen molar-refractivity contribution in [3.8, 4) is 11.4 Å². The number of carbonyl (C=O) groups excluding carboxylic acids is 1. The van der Waals surface area contributed by atoms with Crippen LogP contribution >= 0.6 is 11.6 Å². The number of methoxy groups -OCH3 is 1. The zero-order valence-electron chi connectivity index (χ0n) is 22.1. The first-order chi connectivity index (χ1) is 18.6. The number of ether oxygens (including phenoxy) is 1. The molecular weight excluding hydrogens is 536 g/mol. The SMILES string of the molecule is COc1ccc(Cl)cc1N(CC(=O)N/N=C/c1cc(C)n(-c2ccccc2C)c1C)S(=O)(=O)c1ccccc1. The zero-order chi connectivity index (χ0) is 28.2. The van der Waals surface area contributed by atoms with Crippen molar-refractivity contribution < 1.29 is 17.9 Å². The summed E-state index contributed by atoms with van der Waals surface area (Å²) < 4.78 is 35.7. The molecule has 3 aromatic carbocycles. The van der Waals surface area contributed by atoms with E-state index in [4.69, 9.17) is 16.3 Å². The number of rotatable bonds is 9. The molecule has 0 saturated carbocycles. The number of anilines is 1. The van der Waals surface area contributed by atoms with Crippen LogP contribution in [0.15, 0.2) is 88.9 Å². The minimum Gasteiger partial charge on any atom is -0.495 e. The van der Waals surface area contributed by atoms with Crippen LogP contribution in [-0.2, 0) is 14.8 Å². The fourth-order valence-corrected chi connectivity index (χ4v) is 5.93. The Morgan fingerprint density at radius 1 is 1.03 bits per heavy atom. The molecule has 1 heterocycles.